The molecule has 0 aliphatic heterocycles. The van der Waals surface area contributed by atoms with Gasteiger partial charge in [-0.15, -0.1) is 0 Å². The van der Waals surface area contributed by atoms with Crippen molar-refractivity contribution in [2.24, 2.45) is 5.73 Å². The molecule has 1 atom stereocenters. The number of aliphatic hydroxyl groups excluding tert-OH is 1. The molecule has 0 saturated carbocycles. The number of carbonyl (C=O) groups is 1. The van der Waals surface area contributed by atoms with Crippen molar-refractivity contribution in [3.05, 3.63) is 48.2 Å². The maximum Gasteiger partial charge on any atom is 0.234 e. The molecule has 0 saturated heterocycles. The lowest BCUT2D eigenvalue weighted by atomic mass is 10.0. The van der Waals surface area contributed by atoms with E-state index in [1.54, 1.807) is 0 Å². The third kappa shape index (κ3) is 3.74. The fourth-order valence-corrected chi connectivity index (χ4v) is 1.36. The van der Waals surface area contributed by atoms with Crippen LogP contribution in [0.5, 0.6) is 0 Å². The van der Waals surface area contributed by atoms with E-state index in [1.807, 2.05) is 30.3 Å². The molecule has 4 N–H and O–H groups in total. The molecule has 0 spiro atoms. The summed E-state index contributed by atoms with van der Waals surface area (Å²) in [6, 6.07) is 9.06. The van der Waals surface area contributed by atoms with Crippen LogP contribution >= 0.6 is 0 Å². The smallest absolute Gasteiger partial charge is 0.234 e. The molecular formula is C12H16N2O2. The van der Waals surface area contributed by atoms with Crippen LogP contribution in [-0.4, -0.2) is 23.6 Å². The van der Waals surface area contributed by atoms with Gasteiger partial charge in [0.25, 0.3) is 0 Å². The first-order valence-electron chi connectivity index (χ1n) is 5.04. The predicted molar refractivity (Wildman–Crippen MR) is 62.9 cm³/mol. The summed E-state index contributed by atoms with van der Waals surface area (Å²) in [7, 11) is 0. The Morgan fingerprint density at radius 2 is 2.06 bits per heavy atom. The molecule has 0 aromatic heterocycles. The fraction of sp³-hybridized carbons (Fsp3) is 0.250. The van der Waals surface area contributed by atoms with Gasteiger partial charge in [-0.2, -0.15) is 0 Å². The average Bonchev–Trinajstić information content (AvgIpc) is 2.29. The molecule has 0 bridgehead atoms. The second kappa shape index (κ2) is 5.92. The lowest BCUT2D eigenvalue weighted by Crippen LogP contribution is -2.41. The molecule has 1 aromatic rings. The zero-order valence-electron chi connectivity index (χ0n) is 9.02. The summed E-state index contributed by atoms with van der Waals surface area (Å²) in [5.74, 6) is -0.373. The van der Waals surface area contributed by atoms with Crippen LogP contribution in [0.2, 0.25) is 0 Å². The Balaban J connectivity index is 2.65. The summed E-state index contributed by atoms with van der Waals surface area (Å²) in [5, 5.41) is 12.0. The monoisotopic (exact) mass is 220 g/mol. The topological polar surface area (TPSA) is 75.3 Å². The number of amides is 1. The average molecular weight is 220 g/mol. The van der Waals surface area contributed by atoms with Crippen LogP contribution in [0, 0.1) is 0 Å². The summed E-state index contributed by atoms with van der Waals surface area (Å²) in [4.78, 5) is 11.1. The Morgan fingerprint density at radius 3 is 2.56 bits per heavy atom. The second-order valence-electron chi connectivity index (χ2n) is 3.51. The van der Waals surface area contributed by atoms with Crippen LogP contribution in [0.3, 0.4) is 0 Å². The van der Waals surface area contributed by atoms with Crippen molar-refractivity contribution in [3.8, 4) is 0 Å². The summed E-state index contributed by atoms with van der Waals surface area (Å²) >= 11 is 0. The van der Waals surface area contributed by atoms with Gasteiger partial charge in [-0.25, -0.2) is 0 Å². The van der Waals surface area contributed by atoms with Crippen molar-refractivity contribution in [2.45, 2.75) is 12.5 Å². The molecule has 4 nitrogen and oxygen atoms in total. The molecule has 0 radical (unpaired) electrons. The molecule has 16 heavy (non-hydrogen) atoms. The number of nitrogens with two attached hydrogens (primary N) is 1. The first-order valence-corrected chi connectivity index (χ1v) is 5.04. The van der Waals surface area contributed by atoms with E-state index in [1.165, 1.54) is 0 Å². The van der Waals surface area contributed by atoms with Crippen LogP contribution < -0.4 is 11.1 Å². The van der Waals surface area contributed by atoms with Crippen molar-refractivity contribution in [3.63, 3.8) is 0 Å². The zero-order valence-corrected chi connectivity index (χ0v) is 9.02. The number of benzene rings is 1. The van der Waals surface area contributed by atoms with E-state index in [-0.39, 0.29) is 18.2 Å². The van der Waals surface area contributed by atoms with Gasteiger partial charge in [0.05, 0.1) is 12.6 Å². The Hall–Kier alpha value is -1.81. The Labute approximate surface area is 94.8 Å². The van der Waals surface area contributed by atoms with E-state index >= 15 is 0 Å². The third-order valence-electron chi connectivity index (χ3n) is 2.21. The quantitative estimate of drug-likeness (QED) is 0.641. The van der Waals surface area contributed by atoms with Gasteiger partial charge in [0.2, 0.25) is 5.91 Å². The van der Waals surface area contributed by atoms with Gasteiger partial charge in [0.1, 0.15) is 5.76 Å². The van der Waals surface area contributed by atoms with Crippen LogP contribution in [-0.2, 0) is 11.2 Å². The molecular weight excluding hydrogens is 204 g/mol. The summed E-state index contributed by atoms with van der Waals surface area (Å²) in [5.41, 5.74) is 6.20. The number of carbonyl (C=O) groups excluding carboxylic acids is 1. The molecule has 86 valence electrons. The molecule has 0 aliphatic carbocycles. The number of rotatable bonds is 5. The van der Waals surface area contributed by atoms with E-state index in [0.717, 1.165) is 5.56 Å². The first-order chi connectivity index (χ1) is 7.63. The molecule has 1 rings (SSSR count). The Kier molecular flexibility index (Phi) is 4.54. The minimum atomic E-state index is -0.488. The number of hydrogen-bond donors (Lipinski definition) is 3. The summed E-state index contributed by atoms with van der Waals surface area (Å²) in [6.45, 7) is 3.34. The highest BCUT2D eigenvalue weighted by molar-refractivity contribution is 5.78. The number of aliphatic hydroxyl groups is 1. The van der Waals surface area contributed by atoms with Gasteiger partial charge in [0, 0.05) is 0 Å². The maximum absolute atomic E-state index is 11.1. The molecule has 1 unspecified atom stereocenters. The molecule has 0 aliphatic rings. The number of hydrogen-bond acceptors (Lipinski definition) is 3. The van der Waals surface area contributed by atoms with Crippen LogP contribution in [0.4, 0.5) is 0 Å². The van der Waals surface area contributed by atoms with Crippen molar-refractivity contribution in [1.29, 1.82) is 0 Å². The molecule has 0 fully saturated rings. The predicted octanol–water partition coefficient (Wildman–Crippen LogP) is 0.744. The van der Waals surface area contributed by atoms with E-state index in [4.69, 9.17) is 5.73 Å². The number of nitrogens with one attached hydrogen (secondary N) is 1. The minimum absolute atomic E-state index is 0.0642. The summed E-state index contributed by atoms with van der Waals surface area (Å²) in [6.07, 6.45) is 0.502. The Morgan fingerprint density at radius 1 is 1.44 bits per heavy atom. The molecule has 0 heterocycles. The zero-order chi connectivity index (χ0) is 12.0. The normalized spacial score (nSPS) is 11.8. The van der Waals surface area contributed by atoms with Crippen LogP contribution in [0.25, 0.3) is 0 Å². The van der Waals surface area contributed by atoms with Gasteiger partial charge in [-0.3, -0.25) is 4.79 Å². The lowest BCUT2D eigenvalue weighted by molar-refractivity contribution is -0.120. The van der Waals surface area contributed by atoms with Gasteiger partial charge in [-0.1, -0.05) is 36.9 Å². The highest BCUT2D eigenvalue weighted by Gasteiger charge is 2.14. The maximum atomic E-state index is 11.1. The van der Waals surface area contributed by atoms with Crippen LogP contribution in [0.15, 0.2) is 42.7 Å². The minimum Gasteiger partial charge on any atom is -0.511 e. The van der Waals surface area contributed by atoms with E-state index in [2.05, 4.69) is 11.9 Å². The lowest BCUT2D eigenvalue weighted by Gasteiger charge is -2.17. The highest BCUT2D eigenvalue weighted by atomic mass is 16.3. The third-order valence-corrected chi connectivity index (χ3v) is 2.21. The van der Waals surface area contributed by atoms with Crippen molar-refractivity contribution < 1.29 is 9.90 Å². The molecule has 4 heteroatoms. The first kappa shape index (κ1) is 12.3. The van der Waals surface area contributed by atoms with Crippen molar-refractivity contribution in [1.82, 2.24) is 5.32 Å². The van der Waals surface area contributed by atoms with E-state index in [9.17, 15) is 9.90 Å². The SMILES string of the molecule is C=C(O)C(Cc1ccccc1)NC(=O)CN. The van der Waals surface area contributed by atoms with Gasteiger partial charge >= 0.3 is 0 Å². The van der Waals surface area contributed by atoms with E-state index < -0.39 is 6.04 Å². The van der Waals surface area contributed by atoms with Gasteiger partial charge in [0.15, 0.2) is 0 Å². The Bertz CT molecular complexity index is 363. The summed E-state index contributed by atoms with van der Waals surface area (Å²) < 4.78 is 0. The van der Waals surface area contributed by atoms with Crippen molar-refractivity contribution >= 4 is 5.91 Å². The van der Waals surface area contributed by atoms with Gasteiger partial charge < -0.3 is 16.2 Å². The molecule has 1 amide bonds. The fourth-order valence-electron chi connectivity index (χ4n) is 1.36. The van der Waals surface area contributed by atoms with E-state index in [0.29, 0.717) is 6.42 Å². The van der Waals surface area contributed by atoms with Gasteiger partial charge in [-0.05, 0) is 12.0 Å². The van der Waals surface area contributed by atoms with Crippen molar-refractivity contribution in [2.75, 3.05) is 6.54 Å². The standard InChI is InChI=1S/C12H16N2O2/c1-9(15)11(14-12(16)8-13)7-10-5-3-2-4-6-10/h2-6,11,15H,1,7-8,13H2,(H,14,16). The second-order valence-corrected chi connectivity index (χ2v) is 3.51. The largest absolute Gasteiger partial charge is 0.511 e. The van der Waals surface area contributed by atoms with Crippen LogP contribution in [0.1, 0.15) is 5.56 Å². The molecule has 1 aromatic carbocycles. The highest BCUT2D eigenvalue weighted by Crippen LogP contribution is 2.07.